The number of hydrogen-bond acceptors (Lipinski definition) is 2. The van der Waals surface area contributed by atoms with Crippen LogP contribution in [-0.2, 0) is 4.79 Å². The fraction of sp³-hybridized carbons (Fsp3) is 0.611. The maximum absolute atomic E-state index is 14.1. The fourth-order valence-corrected chi connectivity index (χ4v) is 3.23. The first-order chi connectivity index (χ1) is 14.4. The molecule has 1 saturated carbocycles. The third kappa shape index (κ3) is 4.36. The number of alkyl halides is 11. The summed E-state index contributed by atoms with van der Waals surface area (Å²) in [7, 11) is 0. The van der Waals surface area contributed by atoms with Crippen molar-refractivity contribution in [2.75, 3.05) is 0 Å². The largest absolute Gasteiger partial charge is 0.460 e. The van der Waals surface area contributed by atoms with Gasteiger partial charge < -0.3 is 4.74 Å². The van der Waals surface area contributed by atoms with E-state index in [-0.39, 0.29) is 5.75 Å². The quantitative estimate of drug-likeness (QED) is 0.254. The minimum Gasteiger partial charge on any atom is -0.426 e. The second kappa shape index (κ2) is 8.32. The van der Waals surface area contributed by atoms with Crippen molar-refractivity contribution in [1.29, 1.82) is 0 Å². The molecule has 1 aromatic carbocycles. The first-order valence-electron chi connectivity index (χ1n) is 8.91. The molecule has 0 atom stereocenters. The van der Waals surface area contributed by atoms with Crippen molar-refractivity contribution in [3.8, 4) is 5.75 Å². The fourth-order valence-electron chi connectivity index (χ4n) is 3.23. The van der Waals surface area contributed by atoms with Crippen LogP contribution in [0.25, 0.3) is 0 Å². The van der Waals surface area contributed by atoms with Gasteiger partial charge in [-0.2, -0.15) is 48.3 Å². The van der Waals surface area contributed by atoms with Gasteiger partial charge in [-0.15, -0.1) is 0 Å². The molecular weight excluding hydrogens is 476 g/mol. The lowest BCUT2D eigenvalue weighted by atomic mass is 9.76. The van der Waals surface area contributed by atoms with Gasteiger partial charge in [0.15, 0.2) is 0 Å². The summed E-state index contributed by atoms with van der Waals surface area (Å²) in [6.45, 7) is 0. The highest BCUT2D eigenvalue weighted by Gasteiger charge is 2.87. The highest BCUT2D eigenvalue weighted by Crippen LogP contribution is 2.60. The maximum Gasteiger partial charge on any atom is 0.460 e. The standard InChI is InChI=1S/C18H14F12O2/c19-11-5-7-12(8-6-11)32-13(31)9-1-3-10(4-2-9)14(20,21)15(22,23)16(24,25)17(26,27)18(28,29)30/h5-10H,1-4H2. The zero-order valence-corrected chi connectivity index (χ0v) is 15.6. The van der Waals surface area contributed by atoms with Gasteiger partial charge in [-0.05, 0) is 49.9 Å². The Bertz CT molecular complexity index is 808. The summed E-state index contributed by atoms with van der Waals surface area (Å²) in [4.78, 5) is 12.0. The molecule has 1 aromatic rings. The second-order valence-electron chi connectivity index (χ2n) is 7.27. The van der Waals surface area contributed by atoms with Crippen molar-refractivity contribution < 1.29 is 62.2 Å². The zero-order valence-electron chi connectivity index (χ0n) is 15.6. The van der Waals surface area contributed by atoms with Crippen LogP contribution >= 0.6 is 0 Å². The minimum atomic E-state index is -7.44. The lowest BCUT2D eigenvalue weighted by Gasteiger charge is -2.41. The van der Waals surface area contributed by atoms with E-state index >= 15 is 0 Å². The predicted molar refractivity (Wildman–Crippen MR) is 83.3 cm³/mol. The van der Waals surface area contributed by atoms with Crippen molar-refractivity contribution in [3.63, 3.8) is 0 Å². The smallest absolute Gasteiger partial charge is 0.426 e. The molecule has 182 valence electrons. The Balaban J connectivity index is 2.12. The molecule has 1 aliphatic carbocycles. The predicted octanol–water partition coefficient (Wildman–Crippen LogP) is 6.64. The zero-order chi connectivity index (χ0) is 24.8. The van der Waals surface area contributed by atoms with E-state index in [1.807, 2.05) is 0 Å². The summed E-state index contributed by atoms with van der Waals surface area (Å²) in [5.41, 5.74) is 0. The number of carbonyl (C=O) groups is 1. The normalized spacial score (nSPS) is 21.4. The summed E-state index contributed by atoms with van der Waals surface area (Å²) in [5.74, 6) is -33.6. The monoisotopic (exact) mass is 490 g/mol. The Labute approximate surface area is 172 Å². The van der Waals surface area contributed by atoms with Crippen LogP contribution in [0.3, 0.4) is 0 Å². The van der Waals surface area contributed by atoms with Gasteiger partial charge in [0.25, 0.3) is 0 Å². The SMILES string of the molecule is O=C(Oc1ccc(F)cc1)C1CCC(C(F)(F)C(F)(F)C(F)(F)C(F)(F)C(F)(F)F)CC1. The van der Waals surface area contributed by atoms with E-state index in [2.05, 4.69) is 0 Å². The van der Waals surface area contributed by atoms with Gasteiger partial charge in [0.2, 0.25) is 0 Å². The molecule has 1 aliphatic rings. The number of carbonyl (C=O) groups excluding carboxylic acids is 1. The molecular formula is C18H14F12O2. The summed E-state index contributed by atoms with van der Waals surface area (Å²) in [6, 6.07) is 3.96. The number of halogens is 12. The minimum absolute atomic E-state index is 0.135. The van der Waals surface area contributed by atoms with Crippen molar-refractivity contribution in [2.45, 2.75) is 55.5 Å². The molecule has 0 heterocycles. The molecule has 0 spiro atoms. The topological polar surface area (TPSA) is 26.3 Å². The summed E-state index contributed by atoms with van der Waals surface area (Å²) < 4.78 is 163. The van der Waals surface area contributed by atoms with Gasteiger partial charge in [0.1, 0.15) is 11.6 Å². The van der Waals surface area contributed by atoms with E-state index in [0.717, 1.165) is 24.3 Å². The highest BCUT2D eigenvalue weighted by atomic mass is 19.4. The van der Waals surface area contributed by atoms with Gasteiger partial charge in [0, 0.05) is 5.92 Å². The van der Waals surface area contributed by atoms with Crippen molar-refractivity contribution in [3.05, 3.63) is 30.1 Å². The molecule has 0 aliphatic heterocycles. The van der Waals surface area contributed by atoms with Gasteiger partial charge in [-0.25, -0.2) is 4.39 Å². The first-order valence-corrected chi connectivity index (χ1v) is 8.91. The molecule has 32 heavy (non-hydrogen) atoms. The second-order valence-corrected chi connectivity index (χ2v) is 7.27. The molecule has 0 unspecified atom stereocenters. The maximum atomic E-state index is 14.1. The third-order valence-electron chi connectivity index (χ3n) is 5.17. The van der Waals surface area contributed by atoms with Gasteiger partial charge in [-0.1, -0.05) is 0 Å². The Kier molecular flexibility index (Phi) is 6.79. The lowest BCUT2D eigenvalue weighted by Crippen LogP contribution is -2.67. The average Bonchev–Trinajstić information content (AvgIpc) is 2.68. The molecule has 2 rings (SSSR count). The Morgan fingerprint density at radius 1 is 0.719 bits per heavy atom. The van der Waals surface area contributed by atoms with Gasteiger partial charge in [-0.3, -0.25) is 4.79 Å². The van der Waals surface area contributed by atoms with Gasteiger partial charge >= 0.3 is 35.8 Å². The lowest BCUT2D eigenvalue weighted by molar-refractivity contribution is -0.427. The van der Waals surface area contributed by atoms with Crippen LogP contribution in [0.2, 0.25) is 0 Å². The summed E-state index contributed by atoms with van der Waals surface area (Å²) >= 11 is 0. The van der Waals surface area contributed by atoms with Crippen molar-refractivity contribution in [1.82, 2.24) is 0 Å². The van der Waals surface area contributed by atoms with Crippen LogP contribution in [0.5, 0.6) is 5.75 Å². The molecule has 0 N–H and O–H groups in total. The van der Waals surface area contributed by atoms with Crippen LogP contribution in [-0.4, -0.2) is 35.8 Å². The van der Waals surface area contributed by atoms with Crippen molar-refractivity contribution in [2.24, 2.45) is 11.8 Å². The molecule has 0 radical (unpaired) electrons. The van der Waals surface area contributed by atoms with Crippen LogP contribution < -0.4 is 4.74 Å². The number of esters is 1. The third-order valence-corrected chi connectivity index (χ3v) is 5.17. The number of ether oxygens (including phenoxy) is 1. The van der Waals surface area contributed by atoms with Crippen LogP contribution in [0.15, 0.2) is 24.3 Å². The highest BCUT2D eigenvalue weighted by molar-refractivity contribution is 5.75. The van der Waals surface area contributed by atoms with E-state index in [9.17, 15) is 57.5 Å². The Hall–Kier alpha value is -2.15. The Morgan fingerprint density at radius 2 is 1.19 bits per heavy atom. The van der Waals surface area contributed by atoms with Crippen LogP contribution in [0.1, 0.15) is 25.7 Å². The molecule has 0 saturated heterocycles. The van der Waals surface area contributed by atoms with E-state index in [1.54, 1.807) is 0 Å². The molecule has 0 aromatic heterocycles. The van der Waals surface area contributed by atoms with E-state index < -0.39 is 79.2 Å². The molecule has 1 fully saturated rings. The van der Waals surface area contributed by atoms with Crippen LogP contribution in [0.4, 0.5) is 52.7 Å². The van der Waals surface area contributed by atoms with Crippen LogP contribution in [0, 0.1) is 17.7 Å². The Morgan fingerprint density at radius 3 is 1.62 bits per heavy atom. The van der Waals surface area contributed by atoms with E-state index in [1.165, 1.54) is 0 Å². The number of rotatable bonds is 6. The summed E-state index contributed by atoms with van der Waals surface area (Å²) in [5, 5.41) is 0. The average molecular weight is 490 g/mol. The number of hydrogen-bond donors (Lipinski definition) is 0. The molecule has 14 heteroatoms. The van der Waals surface area contributed by atoms with Crippen molar-refractivity contribution >= 4 is 5.97 Å². The van der Waals surface area contributed by atoms with E-state index in [0.29, 0.717) is 0 Å². The summed E-state index contributed by atoms with van der Waals surface area (Å²) in [6.07, 6.45) is -10.5. The molecule has 2 nitrogen and oxygen atoms in total. The number of benzene rings is 1. The molecule has 0 amide bonds. The van der Waals surface area contributed by atoms with Gasteiger partial charge in [0.05, 0.1) is 5.92 Å². The molecule has 0 bridgehead atoms. The van der Waals surface area contributed by atoms with E-state index in [4.69, 9.17) is 4.74 Å². The first kappa shape index (κ1) is 26.1.